The SMILES string of the molecule is COCC(=O)CN1CCCSCC1. The van der Waals surface area contributed by atoms with E-state index in [-0.39, 0.29) is 12.4 Å². The molecule has 1 saturated heterocycles. The van der Waals surface area contributed by atoms with Crippen molar-refractivity contribution in [3.63, 3.8) is 0 Å². The number of ether oxygens (including phenoxy) is 1. The van der Waals surface area contributed by atoms with Crippen LogP contribution in [-0.2, 0) is 9.53 Å². The van der Waals surface area contributed by atoms with Crippen LogP contribution in [0, 0.1) is 0 Å². The van der Waals surface area contributed by atoms with E-state index in [1.807, 2.05) is 11.8 Å². The van der Waals surface area contributed by atoms with Crippen LogP contribution in [-0.4, -0.2) is 55.5 Å². The van der Waals surface area contributed by atoms with Gasteiger partial charge in [0.1, 0.15) is 6.61 Å². The van der Waals surface area contributed by atoms with E-state index in [4.69, 9.17) is 4.74 Å². The van der Waals surface area contributed by atoms with Gasteiger partial charge in [-0.05, 0) is 18.7 Å². The third-order valence-electron chi connectivity index (χ3n) is 2.02. The summed E-state index contributed by atoms with van der Waals surface area (Å²) in [5.74, 6) is 2.57. The number of thioether (sulfide) groups is 1. The minimum atomic E-state index is 0.189. The first kappa shape index (κ1) is 11.0. The largest absolute Gasteiger partial charge is 0.377 e. The maximum Gasteiger partial charge on any atom is 0.172 e. The van der Waals surface area contributed by atoms with Crippen molar-refractivity contribution >= 4 is 17.5 Å². The monoisotopic (exact) mass is 203 g/mol. The van der Waals surface area contributed by atoms with Gasteiger partial charge in [-0.25, -0.2) is 0 Å². The quantitative estimate of drug-likeness (QED) is 0.670. The molecule has 0 unspecified atom stereocenters. The average Bonchev–Trinajstić information content (AvgIpc) is 2.33. The van der Waals surface area contributed by atoms with Crippen molar-refractivity contribution in [1.82, 2.24) is 4.90 Å². The first-order valence-electron chi connectivity index (χ1n) is 4.63. The molecule has 0 aromatic carbocycles. The Bertz CT molecular complexity index is 156. The molecule has 1 rings (SSSR count). The van der Waals surface area contributed by atoms with Gasteiger partial charge in [-0.3, -0.25) is 9.69 Å². The number of carbonyl (C=O) groups excluding carboxylic acids is 1. The van der Waals surface area contributed by atoms with Gasteiger partial charge in [0, 0.05) is 19.4 Å². The van der Waals surface area contributed by atoms with Gasteiger partial charge in [0.15, 0.2) is 5.78 Å². The summed E-state index contributed by atoms with van der Waals surface area (Å²) >= 11 is 1.98. The van der Waals surface area contributed by atoms with E-state index < -0.39 is 0 Å². The number of carbonyl (C=O) groups is 1. The summed E-state index contributed by atoms with van der Waals surface area (Å²) < 4.78 is 4.79. The van der Waals surface area contributed by atoms with Crippen molar-refractivity contribution in [2.75, 3.05) is 44.9 Å². The molecule has 76 valence electrons. The second-order valence-electron chi connectivity index (χ2n) is 3.21. The zero-order chi connectivity index (χ0) is 9.52. The van der Waals surface area contributed by atoms with Gasteiger partial charge >= 0.3 is 0 Å². The summed E-state index contributed by atoms with van der Waals surface area (Å²) in [7, 11) is 1.57. The summed E-state index contributed by atoms with van der Waals surface area (Å²) in [5, 5.41) is 0. The molecule has 13 heavy (non-hydrogen) atoms. The van der Waals surface area contributed by atoms with E-state index in [9.17, 15) is 4.79 Å². The zero-order valence-electron chi connectivity index (χ0n) is 8.12. The Morgan fingerprint density at radius 1 is 1.46 bits per heavy atom. The van der Waals surface area contributed by atoms with E-state index >= 15 is 0 Å². The fourth-order valence-corrected chi connectivity index (χ4v) is 2.34. The Balaban J connectivity index is 2.21. The van der Waals surface area contributed by atoms with E-state index in [0.29, 0.717) is 6.54 Å². The summed E-state index contributed by atoms with van der Waals surface area (Å²) in [6, 6.07) is 0. The summed E-state index contributed by atoms with van der Waals surface area (Å²) in [4.78, 5) is 13.5. The van der Waals surface area contributed by atoms with Gasteiger partial charge in [0.2, 0.25) is 0 Å². The number of nitrogens with zero attached hydrogens (tertiary/aromatic N) is 1. The lowest BCUT2D eigenvalue weighted by molar-refractivity contribution is -0.123. The minimum Gasteiger partial charge on any atom is -0.377 e. The predicted octanol–water partition coefficient (Wildman–Crippen LogP) is 0.641. The molecule has 3 nitrogen and oxygen atoms in total. The molecule has 4 heteroatoms. The molecule has 0 aromatic rings. The highest BCUT2D eigenvalue weighted by Crippen LogP contribution is 2.09. The molecule has 1 fully saturated rings. The Labute approximate surface area is 83.8 Å². The van der Waals surface area contributed by atoms with Gasteiger partial charge in [-0.1, -0.05) is 0 Å². The van der Waals surface area contributed by atoms with Crippen LogP contribution in [0.5, 0.6) is 0 Å². The number of Topliss-reactive ketones (excluding diaryl/α,β-unsaturated/α-hetero) is 1. The predicted molar refractivity (Wildman–Crippen MR) is 55.3 cm³/mol. The number of methoxy groups -OCH3 is 1. The van der Waals surface area contributed by atoms with Crippen LogP contribution in [0.15, 0.2) is 0 Å². The third-order valence-corrected chi connectivity index (χ3v) is 3.07. The van der Waals surface area contributed by atoms with Crippen LogP contribution in [0.3, 0.4) is 0 Å². The second-order valence-corrected chi connectivity index (χ2v) is 4.44. The standard InChI is InChI=1S/C9H17NO2S/c1-12-8-9(11)7-10-3-2-5-13-6-4-10/h2-8H2,1H3. The van der Waals surface area contributed by atoms with E-state index in [1.165, 1.54) is 12.2 Å². The summed E-state index contributed by atoms with van der Waals surface area (Å²) in [6.07, 6.45) is 1.20. The van der Waals surface area contributed by atoms with Crippen molar-refractivity contribution in [2.45, 2.75) is 6.42 Å². The fraction of sp³-hybridized carbons (Fsp3) is 0.889. The zero-order valence-corrected chi connectivity index (χ0v) is 8.94. The number of ketones is 1. The van der Waals surface area contributed by atoms with Crippen molar-refractivity contribution < 1.29 is 9.53 Å². The summed E-state index contributed by atoms with van der Waals surface area (Å²) in [6.45, 7) is 2.92. The molecule has 0 amide bonds. The molecule has 0 aromatic heterocycles. The Hall–Kier alpha value is -0.0600. The molecule has 0 radical (unpaired) electrons. The minimum absolute atomic E-state index is 0.189. The smallest absolute Gasteiger partial charge is 0.172 e. The number of hydrogen-bond acceptors (Lipinski definition) is 4. The molecular weight excluding hydrogens is 186 g/mol. The summed E-state index contributed by atoms with van der Waals surface area (Å²) in [5.41, 5.74) is 0. The van der Waals surface area contributed by atoms with Gasteiger partial charge in [-0.15, -0.1) is 0 Å². The molecule has 0 saturated carbocycles. The number of hydrogen-bond donors (Lipinski definition) is 0. The van der Waals surface area contributed by atoms with Gasteiger partial charge < -0.3 is 4.74 Å². The first-order valence-corrected chi connectivity index (χ1v) is 5.79. The first-order chi connectivity index (χ1) is 6.33. The lowest BCUT2D eigenvalue weighted by atomic mass is 10.3. The molecular formula is C9H17NO2S. The average molecular weight is 203 g/mol. The van der Waals surface area contributed by atoms with E-state index in [0.717, 1.165) is 18.8 Å². The topological polar surface area (TPSA) is 29.5 Å². The maximum absolute atomic E-state index is 11.3. The highest BCUT2D eigenvalue weighted by Gasteiger charge is 2.12. The van der Waals surface area contributed by atoms with Gasteiger partial charge in [0.05, 0.1) is 6.54 Å². The van der Waals surface area contributed by atoms with Crippen LogP contribution in [0.1, 0.15) is 6.42 Å². The molecule has 1 aliphatic heterocycles. The van der Waals surface area contributed by atoms with Crippen molar-refractivity contribution in [1.29, 1.82) is 0 Å². The molecule has 1 heterocycles. The second kappa shape index (κ2) is 6.40. The third kappa shape index (κ3) is 4.64. The molecule has 1 aliphatic rings. The maximum atomic E-state index is 11.3. The van der Waals surface area contributed by atoms with Crippen LogP contribution < -0.4 is 0 Å². The molecule has 0 bridgehead atoms. The Kier molecular flexibility index (Phi) is 5.43. The normalized spacial score (nSPS) is 19.8. The van der Waals surface area contributed by atoms with E-state index in [2.05, 4.69) is 4.90 Å². The fourth-order valence-electron chi connectivity index (χ4n) is 1.41. The molecule has 0 N–H and O–H groups in total. The van der Waals surface area contributed by atoms with Crippen LogP contribution >= 0.6 is 11.8 Å². The lowest BCUT2D eigenvalue weighted by Crippen LogP contribution is -2.33. The molecule has 0 spiro atoms. The lowest BCUT2D eigenvalue weighted by Gasteiger charge is -2.17. The van der Waals surface area contributed by atoms with Gasteiger partial charge in [-0.2, -0.15) is 11.8 Å². The molecule has 0 aliphatic carbocycles. The van der Waals surface area contributed by atoms with Crippen LogP contribution in [0.2, 0.25) is 0 Å². The Morgan fingerprint density at radius 3 is 3.08 bits per heavy atom. The van der Waals surface area contributed by atoms with E-state index in [1.54, 1.807) is 7.11 Å². The van der Waals surface area contributed by atoms with Crippen LogP contribution in [0.25, 0.3) is 0 Å². The highest BCUT2D eigenvalue weighted by molar-refractivity contribution is 7.99. The van der Waals surface area contributed by atoms with Gasteiger partial charge in [0.25, 0.3) is 0 Å². The van der Waals surface area contributed by atoms with Crippen LogP contribution in [0.4, 0.5) is 0 Å². The Morgan fingerprint density at radius 2 is 2.31 bits per heavy atom. The van der Waals surface area contributed by atoms with Crippen molar-refractivity contribution in [3.05, 3.63) is 0 Å². The number of rotatable bonds is 4. The highest BCUT2D eigenvalue weighted by atomic mass is 32.2. The molecule has 0 atom stereocenters. The van der Waals surface area contributed by atoms with Crippen molar-refractivity contribution in [3.8, 4) is 0 Å². The van der Waals surface area contributed by atoms with Crippen molar-refractivity contribution in [2.24, 2.45) is 0 Å².